The fraction of sp³-hybridized carbons (Fsp3) is 0.538. The molecule has 0 bridgehead atoms. The van der Waals surface area contributed by atoms with E-state index in [1.807, 2.05) is 12.1 Å². The molecule has 1 aromatic rings. The Labute approximate surface area is 102 Å². The van der Waals surface area contributed by atoms with Gasteiger partial charge in [0.15, 0.2) is 0 Å². The van der Waals surface area contributed by atoms with Gasteiger partial charge in [0.2, 0.25) is 5.91 Å². The van der Waals surface area contributed by atoms with Crippen LogP contribution in [0.1, 0.15) is 24.8 Å². The van der Waals surface area contributed by atoms with Gasteiger partial charge in [0.25, 0.3) is 0 Å². The third-order valence-corrected chi connectivity index (χ3v) is 2.80. The maximum absolute atomic E-state index is 11.6. The minimum Gasteiger partial charge on any atom is -0.356 e. The minimum absolute atomic E-state index is 0.0858. The smallest absolute Gasteiger partial charge is 0.224 e. The molecular formula is C13H19N3O. The summed E-state index contributed by atoms with van der Waals surface area (Å²) in [5.41, 5.74) is 1.01. The molecule has 0 saturated heterocycles. The van der Waals surface area contributed by atoms with Crippen molar-refractivity contribution < 1.29 is 4.79 Å². The third kappa shape index (κ3) is 4.95. The number of carbonyl (C=O) groups is 1. The molecule has 0 unspecified atom stereocenters. The van der Waals surface area contributed by atoms with Crippen LogP contribution in [0.3, 0.4) is 0 Å². The lowest BCUT2D eigenvalue weighted by Gasteiger charge is -2.05. The molecule has 1 aliphatic rings. The van der Waals surface area contributed by atoms with Crippen molar-refractivity contribution in [1.29, 1.82) is 0 Å². The normalized spacial score (nSPS) is 14.6. The Balaban J connectivity index is 1.54. The summed E-state index contributed by atoms with van der Waals surface area (Å²) in [4.78, 5) is 15.5. The van der Waals surface area contributed by atoms with E-state index in [1.54, 1.807) is 12.4 Å². The zero-order valence-corrected chi connectivity index (χ0v) is 9.98. The highest BCUT2D eigenvalue weighted by Gasteiger charge is 2.19. The standard InChI is InChI=1S/C13H19N3O/c17-13(10-11-4-8-14-9-5-11)16-7-1-6-15-12-2-3-12/h4-5,8-9,12,15H,1-3,6-7,10H2,(H,16,17). The summed E-state index contributed by atoms with van der Waals surface area (Å²) in [5.74, 6) is 0.0858. The average molecular weight is 233 g/mol. The number of pyridine rings is 1. The van der Waals surface area contributed by atoms with Crippen LogP contribution in [0.5, 0.6) is 0 Å². The Morgan fingerprint density at radius 2 is 2.06 bits per heavy atom. The Morgan fingerprint density at radius 1 is 1.29 bits per heavy atom. The Kier molecular flexibility index (Phi) is 4.50. The summed E-state index contributed by atoms with van der Waals surface area (Å²) in [6.07, 6.45) is 7.49. The first-order chi connectivity index (χ1) is 8.34. The first-order valence-electron chi connectivity index (χ1n) is 6.23. The SMILES string of the molecule is O=C(Cc1ccncc1)NCCCNC1CC1. The summed E-state index contributed by atoms with van der Waals surface area (Å²) in [6.45, 7) is 1.75. The van der Waals surface area contributed by atoms with Crippen LogP contribution in [0.15, 0.2) is 24.5 Å². The van der Waals surface area contributed by atoms with E-state index < -0.39 is 0 Å². The van der Waals surface area contributed by atoms with Crippen LogP contribution in [0.25, 0.3) is 0 Å². The molecule has 1 aromatic heterocycles. The quantitative estimate of drug-likeness (QED) is 0.687. The fourth-order valence-electron chi connectivity index (χ4n) is 1.66. The first-order valence-corrected chi connectivity index (χ1v) is 6.23. The molecule has 17 heavy (non-hydrogen) atoms. The van der Waals surface area contributed by atoms with Gasteiger partial charge in [0.1, 0.15) is 0 Å². The lowest BCUT2D eigenvalue weighted by atomic mass is 10.2. The minimum atomic E-state index is 0.0858. The molecule has 1 saturated carbocycles. The predicted molar refractivity (Wildman–Crippen MR) is 66.6 cm³/mol. The van der Waals surface area contributed by atoms with E-state index in [1.165, 1.54) is 12.8 Å². The number of aromatic nitrogens is 1. The topological polar surface area (TPSA) is 54.0 Å². The number of carbonyl (C=O) groups excluding carboxylic acids is 1. The number of amides is 1. The first kappa shape index (κ1) is 12.0. The van der Waals surface area contributed by atoms with Crippen molar-refractivity contribution in [3.8, 4) is 0 Å². The molecule has 1 aliphatic carbocycles. The van der Waals surface area contributed by atoms with E-state index in [-0.39, 0.29) is 5.91 Å². The maximum atomic E-state index is 11.6. The van der Waals surface area contributed by atoms with Gasteiger partial charge < -0.3 is 10.6 Å². The molecule has 92 valence electrons. The zero-order chi connectivity index (χ0) is 11.9. The Hall–Kier alpha value is -1.42. The molecule has 0 radical (unpaired) electrons. The van der Waals surface area contributed by atoms with Crippen molar-refractivity contribution in [3.63, 3.8) is 0 Å². The lowest BCUT2D eigenvalue weighted by molar-refractivity contribution is -0.120. The van der Waals surface area contributed by atoms with Crippen LogP contribution in [-0.4, -0.2) is 30.0 Å². The number of rotatable bonds is 7. The molecule has 1 heterocycles. The lowest BCUT2D eigenvalue weighted by Crippen LogP contribution is -2.29. The molecule has 4 nitrogen and oxygen atoms in total. The van der Waals surface area contributed by atoms with Gasteiger partial charge in [0, 0.05) is 25.0 Å². The van der Waals surface area contributed by atoms with E-state index in [0.717, 1.165) is 31.1 Å². The fourth-order valence-corrected chi connectivity index (χ4v) is 1.66. The molecule has 0 spiro atoms. The van der Waals surface area contributed by atoms with Crippen molar-refractivity contribution in [3.05, 3.63) is 30.1 Å². The van der Waals surface area contributed by atoms with Gasteiger partial charge in [-0.15, -0.1) is 0 Å². The molecular weight excluding hydrogens is 214 g/mol. The summed E-state index contributed by atoms with van der Waals surface area (Å²) in [6, 6.07) is 4.49. The van der Waals surface area contributed by atoms with Crippen LogP contribution in [-0.2, 0) is 11.2 Å². The molecule has 0 aliphatic heterocycles. The van der Waals surface area contributed by atoms with Gasteiger partial charge in [-0.1, -0.05) is 0 Å². The highest BCUT2D eigenvalue weighted by Crippen LogP contribution is 2.18. The maximum Gasteiger partial charge on any atom is 0.224 e. The van der Waals surface area contributed by atoms with Gasteiger partial charge in [-0.2, -0.15) is 0 Å². The zero-order valence-electron chi connectivity index (χ0n) is 9.98. The number of nitrogens with zero attached hydrogens (tertiary/aromatic N) is 1. The van der Waals surface area contributed by atoms with Gasteiger partial charge in [-0.25, -0.2) is 0 Å². The van der Waals surface area contributed by atoms with Crippen molar-refractivity contribution in [2.45, 2.75) is 31.7 Å². The van der Waals surface area contributed by atoms with Gasteiger partial charge in [0.05, 0.1) is 6.42 Å². The molecule has 4 heteroatoms. The Morgan fingerprint density at radius 3 is 2.76 bits per heavy atom. The van der Waals surface area contributed by atoms with Crippen molar-refractivity contribution >= 4 is 5.91 Å². The monoisotopic (exact) mass is 233 g/mol. The van der Waals surface area contributed by atoms with Crippen molar-refractivity contribution in [1.82, 2.24) is 15.6 Å². The number of hydrogen-bond donors (Lipinski definition) is 2. The van der Waals surface area contributed by atoms with Crippen molar-refractivity contribution in [2.75, 3.05) is 13.1 Å². The molecule has 0 atom stereocenters. The Bertz CT molecular complexity index is 349. The molecule has 1 amide bonds. The summed E-state index contributed by atoms with van der Waals surface area (Å²) < 4.78 is 0. The molecule has 2 N–H and O–H groups in total. The van der Waals surface area contributed by atoms with Crippen LogP contribution in [0, 0.1) is 0 Å². The average Bonchev–Trinajstić information content (AvgIpc) is 3.14. The molecule has 0 aromatic carbocycles. The highest BCUT2D eigenvalue weighted by molar-refractivity contribution is 5.78. The second-order valence-corrected chi connectivity index (χ2v) is 4.46. The second-order valence-electron chi connectivity index (χ2n) is 4.46. The second kappa shape index (κ2) is 6.35. The highest BCUT2D eigenvalue weighted by atomic mass is 16.1. The number of hydrogen-bond acceptors (Lipinski definition) is 3. The molecule has 1 fully saturated rings. The van der Waals surface area contributed by atoms with Crippen LogP contribution in [0.4, 0.5) is 0 Å². The largest absolute Gasteiger partial charge is 0.356 e. The van der Waals surface area contributed by atoms with Crippen molar-refractivity contribution in [2.24, 2.45) is 0 Å². The summed E-state index contributed by atoms with van der Waals surface area (Å²) in [7, 11) is 0. The van der Waals surface area contributed by atoms with Crippen LogP contribution in [0.2, 0.25) is 0 Å². The van der Waals surface area contributed by atoms with Gasteiger partial charge in [-0.05, 0) is 43.5 Å². The van der Waals surface area contributed by atoms with Crippen LogP contribution < -0.4 is 10.6 Å². The van der Waals surface area contributed by atoms with E-state index in [0.29, 0.717) is 6.42 Å². The van der Waals surface area contributed by atoms with E-state index in [9.17, 15) is 4.79 Å². The number of nitrogens with one attached hydrogen (secondary N) is 2. The summed E-state index contributed by atoms with van der Waals surface area (Å²) >= 11 is 0. The van der Waals surface area contributed by atoms with E-state index in [2.05, 4.69) is 15.6 Å². The third-order valence-electron chi connectivity index (χ3n) is 2.80. The molecule has 2 rings (SSSR count). The van der Waals surface area contributed by atoms with Crippen LogP contribution >= 0.6 is 0 Å². The van der Waals surface area contributed by atoms with Gasteiger partial charge in [-0.3, -0.25) is 9.78 Å². The predicted octanol–water partition coefficient (Wildman–Crippen LogP) is 0.882. The van der Waals surface area contributed by atoms with E-state index in [4.69, 9.17) is 0 Å². The van der Waals surface area contributed by atoms with E-state index >= 15 is 0 Å². The van der Waals surface area contributed by atoms with Gasteiger partial charge >= 0.3 is 0 Å². The summed E-state index contributed by atoms with van der Waals surface area (Å²) in [5, 5.41) is 6.35.